The van der Waals surface area contributed by atoms with Crippen LogP contribution >= 0.6 is 22.9 Å². The number of thiazole rings is 1. The van der Waals surface area contributed by atoms with Gasteiger partial charge in [0.15, 0.2) is 5.13 Å². The summed E-state index contributed by atoms with van der Waals surface area (Å²) in [5.41, 5.74) is 3.55. The van der Waals surface area contributed by atoms with E-state index < -0.39 is 0 Å². The molecule has 4 rings (SSSR count). The molecule has 1 aromatic heterocycles. The molecule has 4 aromatic rings. The predicted octanol–water partition coefficient (Wildman–Crippen LogP) is 6.35. The highest BCUT2D eigenvalue weighted by atomic mass is 35.5. The van der Waals surface area contributed by atoms with Crippen LogP contribution in [-0.4, -0.2) is 17.4 Å². The highest BCUT2D eigenvalue weighted by Gasteiger charge is 2.22. The van der Waals surface area contributed by atoms with Crippen LogP contribution in [0, 0.1) is 0 Å². The van der Waals surface area contributed by atoms with Gasteiger partial charge in [0.25, 0.3) is 5.91 Å². The first-order chi connectivity index (χ1) is 14.2. The van der Waals surface area contributed by atoms with Gasteiger partial charge in [0.2, 0.25) is 0 Å². The van der Waals surface area contributed by atoms with E-state index in [0.29, 0.717) is 22.3 Å². The van der Waals surface area contributed by atoms with Gasteiger partial charge in [-0.2, -0.15) is 0 Å². The molecule has 5 heteroatoms. The average Bonchev–Trinajstić information content (AvgIpc) is 3.25. The van der Waals surface area contributed by atoms with E-state index in [0.717, 1.165) is 17.7 Å². The number of rotatable bonds is 6. The third-order valence-electron chi connectivity index (χ3n) is 4.61. The maximum atomic E-state index is 13.3. The molecule has 0 N–H and O–H groups in total. The molecule has 0 atom stereocenters. The lowest BCUT2D eigenvalue weighted by Gasteiger charge is -2.20. The fraction of sp³-hybridized carbons (Fsp3) is 0.0833. The van der Waals surface area contributed by atoms with Gasteiger partial charge in [0, 0.05) is 17.5 Å². The van der Waals surface area contributed by atoms with Crippen molar-refractivity contribution in [1.29, 1.82) is 0 Å². The summed E-state index contributed by atoms with van der Waals surface area (Å²) in [5, 5.41) is 3.10. The molecule has 1 heterocycles. The predicted molar refractivity (Wildman–Crippen MR) is 121 cm³/mol. The van der Waals surface area contributed by atoms with Gasteiger partial charge in [-0.25, -0.2) is 4.98 Å². The summed E-state index contributed by atoms with van der Waals surface area (Å²) in [5.74, 6) is -0.138. The van der Waals surface area contributed by atoms with Crippen LogP contribution in [-0.2, 0) is 6.42 Å². The normalized spacial score (nSPS) is 10.7. The van der Waals surface area contributed by atoms with Crippen molar-refractivity contribution in [2.24, 2.45) is 0 Å². The third kappa shape index (κ3) is 4.56. The zero-order valence-electron chi connectivity index (χ0n) is 15.7. The quantitative estimate of drug-likeness (QED) is 0.365. The topological polar surface area (TPSA) is 33.2 Å². The number of anilines is 1. The molecule has 3 nitrogen and oxygen atoms in total. The van der Waals surface area contributed by atoms with E-state index in [1.165, 1.54) is 16.9 Å². The second-order valence-corrected chi connectivity index (χ2v) is 7.80. The summed E-state index contributed by atoms with van der Waals surface area (Å²) >= 11 is 7.77. The van der Waals surface area contributed by atoms with Crippen LogP contribution in [0.5, 0.6) is 0 Å². The molecule has 0 bridgehead atoms. The number of carbonyl (C=O) groups excluding carboxylic acids is 1. The van der Waals surface area contributed by atoms with Crippen molar-refractivity contribution in [1.82, 2.24) is 4.98 Å². The first kappa shape index (κ1) is 19.4. The molecule has 0 saturated carbocycles. The van der Waals surface area contributed by atoms with E-state index in [1.54, 1.807) is 17.0 Å². The largest absolute Gasteiger partial charge is 0.284 e. The molecule has 1 amide bonds. The highest BCUT2D eigenvalue weighted by Crippen LogP contribution is 2.29. The molecular formula is C24H19ClN2OS. The van der Waals surface area contributed by atoms with E-state index in [2.05, 4.69) is 12.1 Å². The lowest BCUT2D eigenvalue weighted by molar-refractivity contribution is 0.0987. The zero-order chi connectivity index (χ0) is 20.1. The minimum atomic E-state index is -0.138. The average molecular weight is 419 g/mol. The first-order valence-corrected chi connectivity index (χ1v) is 10.6. The Kier molecular flexibility index (Phi) is 6.03. The summed E-state index contributed by atoms with van der Waals surface area (Å²) in [6, 6.07) is 27.2. The van der Waals surface area contributed by atoms with Gasteiger partial charge in [0.1, 0.15) is 0 Å². The fourth-order valence-electron chi connectivity index (χ4n) is 3.08. The lowest BCUT2D eigenvalue weighted by Crippen LogP contribution is -2.33. The Labute approximate surface area is 179 Å². The number of nitrogens with zero attached hydrogens (tertiary/aromatic N) is 2. The zero-order valence-corrected chi connectivity index (χ0v) is 17.2. The van der Waals surface area contributed by atoms with E-state index >= 15 is 0 Å². The van der Waals surface area contributed by atoms with Gasteiger partial charge in [-0.1, -0.05) is 84.4 Å². The maximum absolute atomic E-state index is 13.3. The van der Waals surface area contributed by atoms with Crippen LogP contribution in [0.15, 0.2) is 90.3 Å². The Hall–Kier alpha value is -2.95. The molecule has 144 valence electrons. The SMILES string of the molecule is O=C(c1ccccc1Cl)N(CCc1ccccc1)c1nc(-c2ccccc2)cs1. The van der Waals surface area contributed by atoms with E-state index in [9.17, 15) is 4.79 Å². The van der Waals surface area contributed by atoms with Gasteiger partial charge in [-0.3, -0.25) is 9.69 Å². The lowest BCUT2D eigenvalue weighted by atomic mass is 10.1. The van der Waals surface area contributed by atoms with Crippen molar-refractivity contribution >= 4 is 34.0 Å². The van der Waals surface area contributed by atoms with Crippen molar-refractivity contribution in [2.45, 2.75) is 6.42 Å². The summed E-state index contributed by atoms with van der Waals surface area (Å²) in [6.07, 6.45) is 0.733. The summed E-state index contributed by atoms with van der Waals surface area (Å²) < 4.78 is 0. The second kappa shape index (κ2) is 9.03. The first-order valence-electron chi connectivity index (χ1n) is 9.33. The van der Waals surface area contributed by atoms with Crippen molar-refractivity contribution in [3.8, 4) is 11.3 Å². The van der Waals surface area contributed by atoms with E-state index in [4.69, 9.17) is 16.6 Å². The van der Waals surface area contributed by atoms with Gasteiger partial charge in [0.05, 0.1) is 16.3 Å². The minimum absolute atomic E-state index is 0.138. The van der Waals surface area contributed by atoms with Gasteiger partial charge in [-0.15, -0.1) is 11.3 Å². The fourth-order valence-corrected chi connectivity index (χ4v) is 4.15. The molecule has 0 spiro atoms. The van der Waals surface area contributed by atoms with Crippen molar-refractivity contribution in [3.63, 3.8) is 0 Å². The number of hydrogen-bond donors (Lipinski definition) is 0. The Balaban J connectivity index is 1.65. The van der Waals surface area contributed by atoms with Crippen LogP contribution in [0.1, 0.15) is 15.9 Å². The number of benzene rings is 3. The van der Waals surface area contributed by atoms with Crippen LogP contribution in [0.4, 0.5) is 5.13 Å². The number of hydrogen-bond acceptors (Lipinski definition) is 3. The maximum Gasteiger partial charge on any atom is 0.261 e. The Morgan fingerprint density at radius 2 is 1.55 bits per heavy atom. The number of aromatic nitrogens is 1. The Morgan fingerprint density at radius 1 is 0.897 bits per heavy atom. The number of halogens is 1. The summed E-state index contributed by atoms with van der Waals surface area (Å²) in [6.45, 7) is 0.524. The minimum Gasteiger partial charge on any atom is -0.284 e. The van der Waals surface area contributed by atoms with Crippen LogP contribution in [0.2, 0.25) is 5.02 Å². The summed E-state index contributed by atoms with van der Waals surface area (Å²) in [4.78, 5) is 19.8. The van der Waals surface area contributed by atoms with Crippen LogP contribution in [0.25, 0.3) is 11.3 Å². The van der Waals surface area contributed by atoms with Gasteiger partial charge >= 0.3 is 0 Å². The number of amides is 1. The van der Waals surface area contributed by atoms with Crippen molar-refractivity contribution in [3.05, 3.63) is 106 Å². The monoisotopic (exact) mass is 418 g/mol. The van der Waals surface area contributed by atoms with Crippen molar-refractivity contribution in [2.75, 3.05) is 11.4 Å². The smallest absolute Gasteiger partial charge is 0.261 e. The summed E-state index contributed by atoms with van der Waals surface area (Å²) in [7, 11) is 0. The van der Waals surface area contributed by atoms with Crippen LogP contribution < -0.4 is 4.90 Å². The molecule has 0 radical (unpaired) electrons. The van der Waals surface area contributed by atoms with Crippen molar-refractivity contribution < 1.29 is 4.79 Å². The standard InChI is InChI=1S/C24H19ClN2OS/c25-21-14-8-7-13-20(21)23(28)27(16-15-18-9-3-1-4-10-18)24-26-22(17-29-24)19-11-5-2-6-12-19/h1-14,17H,15-16H2. The molecular weight excluding hydrogens is 400 g/mol. The molecule has 0 aliphatic rings. The Morgan fingerprint density at radius 3 is 2.28 bits per heavy atom. The van der Waals surface area contributed by atoms with Gasteiger partial charge in [-0.05, 0) is 24.1 Å². The molecule has 0 unspecified atom stereocenters. The molecule has 29 heavy (non-hydrogen) atoms. The van der Waals surface area contributed by atoms with Gasteiger partial charge < -0.3 is 0 Å². The van der Waals surface area contributed by atoms with E-state index in [1.807, 2.05) is 66.0 Å². The molecule has 0 aliphatic carbocycles. The third-order valence-corrected chi connectivity index (χ3v) is 5.80. The van der Waals surface area contributed by atoms with E-state index in [-0.39, 0.29) is 5.91 Å². The Bertz CT molecular complexity index is 1100. The highest BCUT2D eigenvalue weighted by molar-refractivity contribution is 7.14. The second-order valence-electron chi connectivity index (χ2n) is 6.55. The molecule has 3 aromatic carbocycles. The van der Waals surface area contributed by atoms with Crippen LogP contribution in [0.3, 0.4) is 0 Å². The molecule has 0 aliphatic heterocycles. The number of carbonyl (C=O) groups is 1. The molecule has 0 fully saturated rings. The molecule has 0 saturated heterocycles.